The highest BCUT2D eigenvalue weighted by molar-refractivity contribution is 4.65. The van der Waals surface area contributed by atoms with Crippen LogP contribution in [0.1, 0.15) is 71.6 Å². The summed E-state index contributed by atoms with van der Waals surface area (Å²) in [5.74, 6) is 0.865. The van der Waals surface area contributed by atoms with Crippen LogP contribution in [-0.4, -0.2) is 44.7 Å². The topological polar surface area (TPSA) is 41.3 Å². The van der Waals surface area contributed by atoms with Gasteiger partial charge in [0.1, 0.15) is 0 Å². The van der Waals surface area contributed by atoms with Gasteiger partial charge in [-0.3, -0.25) is 0 Å². The number of likely N-dealkylation sites (tertiary alicyclic amines) is 1. The molecule has 0 bridgehead atoms. The van der Waals surface area contributed by atoms with Crippen LogP contribution in [-0.2, 0) is 0 Å². The first-order valence-electron chi connectivity index (χ1n) is 9.44. The van der Waals surface area contributed by atoms with Crippen LogP contribution < -0.4 is 11.1 Å². The first-order valence-corrected chi connectivity index (χ1v) is 9.44. The summed E-state index contributed by atoms with van der Waals surface area (Å²) in [7, 11) is 2.02. The Labute approximate surface area is 134 Å². The van der Waals surface area contributed by atoms with Gasteiger partial charge in [-0.2, -0.15) is 0 Å². The Hall–Kier alpha value is -0.120. The van der Waals surface area contributed by atoms with Gasteiger partial charge in [0, 0.05) is 0 Å². The molecule has 2 aliphatic rings. The zero-order chi connectivity index (χ0) is 15.8. The molecule has 3 nitrogen and oxygen atoms in total. The summed E-state index contributed by atoms with van der Waals surface area (Å²) in [5.41, 5.74) is 5.50. The van der Waals surface area contributed by atoms with Crippen molar-refractivity contribution in [2.45, 2.75) is 71.6 Å². The molecule has 1 aliphatic heterocycles. The second-order valence-electron chi connectivity index (χ2n) is 6.10. The van der Waals surface area contributed by atoms with Crippen molar-refractivity contribution in [2.24, 2.45) is 11.7 Å². The molecule has 3 heteroatoms. The lowest BCUT2D eigenvalue weighted by atomic mass is 9.90. The quantitative estimate of drug-likeness (QED) is 0.762. The van der Waals surface area contributed by atoms with Crippen molar-refractivity contribution in [3.05, 3.63) is 0 Å². The Morgan fingerprint density at radius 3 is 2.00 bits per heavy atom. The van der Waals surface area contributed by atoms with Gasteiger partial charge in [-0.05, 0) is 77.8 Å². The zero-order valence-corrected chi connectivity index (χ0v) is 15.0. The Morgan fingerprint density at radius 2 is 1.52 bits per heavy atom. The van der Waals surface area contributed by atoms with E-state index in [9.17, 15) is 0 Å². The van der Waals surface area contributed by atoms with Gasteiger partial charge in [0.15, 0.2) is 0 Å². The molecule has 0 atom stereocenters. The van der Waals surface area contributed by atoms with Crippen LogP contribution in [0, 0.1) is 5.92 Å². The zero-order valence-electron chi connectivity index (χ0n) is 15.0. The molecule has 0 radical (unpaired) electrons. The molecule has 2 fully saturated rings. The maximum Gasteiger partial charge on any atom is -0.000664 e. The molecular weight excluding hydrogens is 258 g/mol. The minimum Gasteiger partial charge on any atom is -0.330 e. The molecule has 1 aliphatic carbocycles. The molecule has 1 heterocycles. The van der Waals surface area contributed by atoms with Crippen molar-refractivity contribution < 1.29 is 0 Å². The second-order valence-corrected chi connectivity index (χ2v) is 6.10. The minimum absolute atomic E-state index is 0.865. The molecule has 1 saturated carbocycles. The van der Waals surface area contributed by atoms with Gasteiger partial charge >= 0.3 is 0 Å². The van der Waals surface area contributed by atoms with Crippen molar-refractivity contribution in [1.29, 1.82) is 0 Å². The summed E-state index contributed by atoms with van der Waals surface area (Å²) in [6.45, 7) is 10.0. The van der Waals surface area contributed by atoms with Crippen molar-refractivity contribution in [2.75, 3.05) is 39.8 Å². The van der Waals surface area contributed by atoms with Crippen LogP contribution in [0.15, 0.2) is 0 Å². The molecule has 128 valence electrons. The van der Waals surface area contributed by atoms with E-state index in [4.69, 9.17) is 5.73 Å². The lowest BCUT2D eigenvalue weighted by Gasteiger charge is -2.26. The summed E-state index contributed by atoms with van der Waals surface area (Å²) in [6.07, 6.45) is 12.6. The number of rotatable bonds is 5. The molecule has 0 aromatic rings. The SMILES string of the molecule is CC.CNCCCN1CCCCC1.NCC1CCCCC1. The van der Waals surface area contributed by atoms with Crippen LogP contribution >= 0.6 is 0 Å². The van der Waals surface area contributed by atoms with Crippen LogP contribution in [0.3, 0.4) is 0 Å². The van der Waals surface area contributed by atoms with Crippen LogP contribution in [0.5, 0.6) is 0 Å². The Balaban J connectivity index is 0.000000354. The number of nitrogens with zero attached hydrogens (tertiary/aromatic N) is 1. The Morgan fingerprint density at radius 1 is 0.952 bits per heavy atom. The molecule has 1 saturated heterocycles. The number of nitrogens with one attached hydrogen (secondary N) is 1. The fourth-order valence-electron chi connectivity index (χ4n) is 3.09. The molecule has 0 unspecified atom stereocenters. The van der Waals surface area contributed by atoms with Crippen molar-refractivity contribution in [3.8, 4) is 0 Å². The molecular formula is C18H41N3. The van der Waals surface area contributed by atoms with E-state index < -0.39 is 0 Å². The van der Waals surface area contributed by atoms with Gasteiger partial charge in [-0.15, -0.1) is 0 Å². The second kappa shape index (κ2) is 16.3. The van der Waals surface area contributed by atoms with Gasteiger partial charge in [0.2, 0.25) is 0 Å². The van der Waals surface area contributed by atoms with Crippen molar-refractivity contribution >= 4 is 0 Å². The fraction of sp³-hybridized carbons (Fsp3) is 1.00. The summed E-state index contributed by atoms with van der Waals surface area (Å²) < 4.78 is 0. The first kappa shape index (κ1) is 20.9. The normalized spacial score (nSPS) is 20.0. The maximum atomic E-state index is 5.50. The molecule has 0 aromatic carbocycles. The molecule has 2 rings (SSSR count). The van der Waals surface area contributed by atoms with Crippen molar-refractivity contribution in [3.63, 3.8) is 0 Å². The van der Waals surface area contributed by atoms with E-state index in [-0.39, 0.29) is 0 Å². The Bertz CT molecular complexity index is 185. The van der Waals surface area contributed by atoms with Crippen LogP contribution in [0.4, 0.5) is 0 Å². The number of hydrogen-bond donors (Lipinski definition) is 2. The highest BCUT2D eigenvalue weighted by atomic mass is 15.1. The molecule has 21 heavy (non-hydrogen) atoms. The highest BCUT2D eigenvalue weighted by Crippen LogP contribution is 2.21. The highest BCUT2D eigenvalue weighted by Gasteiger charge is 2.10. The fourth-order valence-corrected chi connectivity index (χ4v) is 3.09. The summed E-state index contributed by atoms with van der Waals surface area (Å²) >= 11 is 0. The average molecular weight is 300 g/mol. The van der Waals surface area contributed by atoms with E-state index in [1.807, 2.05) is 20.9 Å². The smallest absolute Gasteiger partial charge is 0.000664 e. The maximum absolute atomic E-state index is 5.50. The minimum atomic E-state index is 0.865. The van der Waals surface area contributed by atoms with Crippen LogP contribution in [0.25, 0.3) is 0 Å². The number of hydrogen-bond acceptors (Lipinski definition) is 3. The van der Waals surface area contributed by atoms with E-state index in [0.717, 1.165) is 19.0 Å². The standard InChI is InChI=1S/C9H20N2.C7H15N.C2H6/c1-10-6-5-9-11-7-3-2-4-8-11;8-6-7-4-2-1-3-5-7;1-2/h10H,2-9H2,1H3;7H,1-6,8H2;1-2H3. The number of nitrogens with two attached hydrogens (primary N) is 1. The summed E-state index contributed by atoms with van der Waals surface area (Å²) in [5, 5.41) is 3.18. The van der Waals surface area contributed by atoms with E-state index in [2.05, 4.69) is 10.2 Å². The predicted molar refractivity (Wildman–Crippen MR) is 95.8 cm³/mol. The van der Waals surface area contributed by atoms with Gasteiger partial charge in [-0.25, -0.2) is 0 Å². The van der Waals surface area contributed by atoms with Gasteiger partial charge in [0.25, 0.3) is 0 Å². The lowest BCUT2D eigenvalue weighted by molar-refractivity contribution is 0.226. The third-order valence-electron chi connectivity index (χ3n) is 4.41. The van der Waals surface area contributed by atoms with E-state index in [0.29, 0.717) is 0 Å². The largest absolute Gasteiger partial charge is 0.330 e. The van der Waals surface area contributed by atoms with Gasteiger partial charge in [-0.1, -0.05) is 39.5 Å². The number of piperidine rings is 1. The molecule has 0 aromatic heterocycles. The van der Waals surface area contributed by atoms with Crippen LogP contribution in [0.2, 0.25) is 0 Å². The van der Waals surface area contributed by atoms with Gasteiger partial charge in [0.05, 0.1) is 0 Å². The monoisotopic (exact) mass is 299 g/mol. The lowest BCUT2D eigenvalue weighted by Crippen LogP contribution is -2.31. The van der Waals surface area contributed by atoms with Crippen molar-refractivity contribution in [1.82, 2.24) is 10.2 Å². The molecule has 0 amide bonds. The molecule has 0 spiro atoms. The third kappa shape index (κ3) is 12.1. The predicted octanol–water partition coefficient (Wildman–Crippen LogP) is 3.63. The first-order chi connectivity index (χ1) is 10.4. The van der Waals surface area contributed by atoms with E-state index in [1.54, 1.807) is 0 Å². The molecule has 3 N–H and O–H groups in total. The van der Waals surface area contributed by atoms with E-state index >= 15 is 0 Å². The Kier molecular flexibility index (Phi) is 16.2. The summed E-state index contributed by atoms with van der Waals surface area (Å²) in [6, 6.07) is 0. The average Bonchev–Trinajstić information content (AvgIpc) is 2.59. The summed E-state index contributed by atoms with van der Waals surface area (Å²) in [4.78, 5) is 2.58. The van der Waals surface area contributed by atoms with Gasteiger partial charge < -0.3 is 16.0 Å². The third-order valence-corrected chi connectivity index (χ3v) is 4.41. The van der Waals surface area contributed by atoms with E-state index in [1.165, 1.54) is 77.4 Å².